The summed E-state index contributed by atoms with van der Waals surface area (Å²) < 4.78 is 6.56. The normalized spacial score (nSPS) is 20.9. The largest absolute Gasteiger partial charge is 0.496 e. The number of halogens is 1. The molecule has 0 heterocycles. The van der Waals surface area contributed by atoms with Crippen LogP contribution in [-0.4, -0.2) is 7.11 Å². The van der Waals surface area contributed by atoms with Crippen LogP contribution >= 0.6 is 15.9 Å². The number of ether oxygens (including phenoxy) is 1. The lowest BCUT2D eigenvalue weighted by atomic mass is 9.74. The number of nitrogens with two attached hydrogens (primary N) is 1. The van der Waals surface area contributed by atoms with E-state index in [1.54, 1.807) is 7.11 Å². The highest BCUT2D eigenvalue weighted by Gasteiger charge is 2.33. The molecule has 0 radical (unpaired) electrons. The van der Waals surface area contributed by atoms with E-state index in [0.717, 1.165) is 41.5 Å². The van der Waals surface area contributed by atoms with Crippen molar-refractivity contribution in [2.45, 2.75) is 31.2 Å². The van der Waals surface area contributed by atoms with E-state index in [0.29, 0.717) is 0 Å². The summed E-state index contributed by atoms with van der Waals surface area (Å²) in [6.07, 6.45) is 4.08. The quantitative estimate of drug-likeness (QED) is 0.904. The maximum Gasteiger partial charge on any atom is 0.122 e. The topological polar surface area (TPSA) is 35.2 Å². The molecule has 2 N–H and O–H groups in total. The summed E-state index contributed by atoms with van der Waals surface area (Å²) in [5, 5.41) is 0. The fourth-order valence-electron chi connectivity index (χ4n) is 3.36. The average molecular weight is 346 g/mol. The van der Waals surface area contributed by atoms with Crippen LogP contribution in [0.4, 0.5) is 0 Å². The summed E-state index contributed by atoms with van der Waals surface area (Å²) in [6, 6.07) is 14.7. The lowest BCUT2D eigenvalue weighted by Crippen LogP contribution is -2.42. The molecule has 0 saturated carbocycles. The van der Waals surface area contributed by atoms with E-state index in [9.17, 15) is 0 Å². The number of hydrogen-bond acceptors (Lipinski definition) is 2. The monoisotopic (exact) mass is 345 g/mol. The maximum atomic E-state index is 6.81. The van der Waals surface area contributed by atoms with Crippen molar-refractivity contribution in [1.29, 1.82) is 0 Å². The van der Waals surface area contributed by atoms with Crippen molar-refractivity contribution in [3.8, 4) is 5.75 Å². The molecule has 2 aromatic rings. The standard InChI is InChI=1S/C18H20BrNO/c1-21-17-9-8-15(19)11-14(17)12-18(20)10-4-6-13-5-2-3-7-16(13)18/h2-3,5,7-9,11H,4,6,10,12,20H2,1H3. The first-order chi connectivity index (χ1) is 10.1. The zero-order chi connectivity index (χ0) is 14.9. The van der Waals surface area contributed by atoms with Crippen LogP contribution in [0.3, 0.4) is 0 Å². The Balaban J connectivity index is 2.00. The van der Waals surface area contributed by atoms with Crippen LogP contribution in [0.5, 0.6) is 5.75 Å². The maximum absolute atomic E-state index is 6.81. The van der Waals surface area contributed by atoms with Crippen LogP contribution in [0.2, 0.25) is 0 Å². The number of aryl methyl sites for hydroxylation is 1. The Hall–Kier alpha value is -1.32. The molecule has 1 aliphatic rings. The second-order valence-corrected chi connectivity index (χ2v) is 6.72. The highest BCUT2D eigenvalue weighted by atomic mass is 79.9. The zero-order valence-electron chi connectivity index (χ0n) is 12.2. The summed E-state index contributed by atoms with van der Waals surface area (Å²) in [7, 11) is 1.71. The van der Waals surface area contributed by atoms with Crippen LogP contribution in [0.15, 0.2) is 46.9 Å². The molecule has 0 saturated heterocycles. The van der Waals surface area contributed by atoms with E-state index in [4.69, 9.17) is 10.5 Å². The minimum Gasteiger partial charge on any atom is -0.496 e. The van der Waals surface area contributed by atoms with Gasteiger partial charge in [0.25, 0.3) is 0 Å². The van der Waals surface area contributed by atoms with Gasteiger partial charge in [0.15, 0.2) is 0 Å². The number of hydrogen-bond donors (Lipinski definition) is 1. The van der Waals surface area contributed by atoms with E-state index in [1.165, 1.54) is 11.1 Å². The molecule has 0 aliphatic heterocycles. The van der Waals surface area contributed by atoms with Gasteiger partial charge in [0.1, 0.15) is 5.75 Å². The third kappa shape index (κ3) is 2.85. The Morgan fingerprint density at radius 2 is 2.05 bits per heavy atom. The smallest absolute Gasteiger partial charge is 0.122 e. The van der Waals surface area contributed by atoms with Crippen molar-refractivity contribution >= 4 is 15.9 Å². The summed E-state index contributed by atoms with van der Waals surface area (Å²) in [4.78, 5) is 0. The SMILES string of the molecule is COc1ccc(Br)cc1CC1(N)CCCc2ccccc21. The van der Waals surface area contributed by atoms with Gasteiger partial charge in [0.2, 0.25) is 0 Å². The Labute approximate surface area is 134 Å². The first-order valence-electron chi connectivity index (χ1n) is 7.32. The van der Waals surface area contributed by atoms with Crippen LogP contribution in [0.1, 0.15) is 29.5 Å². The van der Waals surface area contributed by atoms with Crippen LogP contribution in [0.25, 0.3) is 0 Å². The Bertz CT molecular complexity index is 655. The van der Waals surface area contributed by atoms with Gasteiger partial charge in [0, 0.05) is 10.0 Å². The molecule has 2 aromatic carbocycles. The molecule has 1 unspecified atom stereocenters. The molecule has 0 bridgehead atoms. The van der Waals surface area contributed by atoms with Gasteiger partial charge in [-0.2, -0.15) is 0 Å². The lowest BCUT2D eigenvalue weighted by molar-refractivity contribution is 0.356. The van der Waals surface area contributed by atoms with Gasteiger partial charge in [-0.25, -0.2) is 0 Å². The summed E-state index contributed by atoms with van der Waals surface area (Å²) >= 11 is 3.54. The minimum atomic E-state index is -0.303. The van der Waals surface area contributed by atoms with Crippen molar-refractivity contribution < 1.29 is 4.74 Å². The van der Waals surface area contributed by atoms with Crippen molar-refractivity contribution in [1.82, 2.24) is 0 Å². The second-order valence-electron chi connectivity index (χ2n) is 5.80. The van der Waals surface area contributed by atoms with Gasteiger partial charge in [-0.05, 0) is 60.6 Å². The third-order valence-electron chi connectivity index (χ3n) is 4.37. The lowest BCUT2D eigenvalue weighted by Gasteiger charge is -2.36. The predicted molar refractivity (Wildman–Crippen MR) is 89.6 cm³/mol. The van der Waals surface area contributed by atoms with E-state index < -0.39 is 0 Å². The minimum absolute atomic E-state index is 0.303. The van der Waals surface area contributed by atoms with E-state index >= 15 is 0 Å². The first kappa shape index (κ1) is 14.6. The van der Waals surface area contributed by atoms with Gasteiger partial charge in [0.05, 0.1) is 7.11 Å². The van der Waals surface area contributed by atoms with Crippen molar-refractivity contribution in [3.63, 3.8) is 0 Å². The molecule has 3 rings (SSSR count). The molecule has 0 aromatic heterocycles. The number of methoxy groups -OCH3 is 1. The van der Waals surface area contributed by atoms with Crippen LogP contribution < -0.4 is 10.5 Å². The predicted octanol–water partition coefficient (Wildman–Crippen LogP) is 4.19. The Morgan fingerprint density at radius 3 is 2.86 bits per heavy atom. The zero-order valence-corrected chi connectivity index (χ0v) is 13.8. The number of fused-ring (bicyclic) bond motifs is 1. The van der Waals surface area contributed by atoms with Gasteiger partial charge in [-0.3, -0.25) is 0 Å². The average Bonchev–Trinajstić information content (AvgIpc) is 2.48. The third-order valence-corrected chi connectivity index (χ3v) is 4.86. The number of benzene rings is 2. The number of rotatable bonds is 3. The molecular formula is C18H20BrNO. The highest BCUT2D eigenvalue weighted by molar-refractivity contribution is 9.10. The molecule has 3 heteroatoms. The van der Waals surface area contributed by atoms with Crippen molar-refractivity contribution in [3.05, 3.63) is 63.6 Å². The molecule has 2 nitrogen and oxygen atoms in total. The van der Waals surface area contributed by atoms with Gasteiger partial charge < -0.3 is 10.5 Å². The molecule has 21 heavy (non-hydrogen) atoms. The summed E-state index contributed by atoms with van der Waals surface area (Å²) in [6.45, 7) is 0. The Kier molecular flexibility index (Phi) is 4.05. The van der Waals surface area contributed by atoms with Gasteiger partial charge in [-0.1, -0.05) is 40.2 Å². The van der Waals surface area contributed by atoms with Gasteiger partial charge >= 0.3 is 0 Å². The summed E-state index contributed by atoms with van der Waals surface area (Å²) in [5.74, 6) is 0.908. The first-order valence-corrected chi connectivity index (χ1v) is 8.11. The van der Waals surface area contributed by atoms with Crippen LogP contribution in [0, 0.1) is 0 Å². The molecule has 1 atom stereocenters. The van der Waals surface area contributed by atoms with Gasteiger partial charge in [-0.15, -0.1) is 0 Å². The molecular weight excluding hydrogens is 326 g/mol. The molecule has 0 amide bonds. The van der Waals surface area contributed by atoms with Crippen molar-refractivity contribution in [2.24, 2.45) is 5.73 Å². The van der Waals surface area contributed by atoms with Crippen LogP contribution in [-0.2, 0) is 18.4 Å². The molecule has 110 valence electrons. The molecule has 1 aliphatic carbocycles. The highest BCUT2D eigenvalue weighted by Crippen LogP contribution is 2.38. The fraction of sp³-hybridized carbons (Fsp3) is 0.333. The van der Waals surface area contributed by atoms with E-state index in [2.05, 4.69) is 46.3 Å². The van der Waals surface area contributed by atoms with E-state index in [1.807, 2.05) is 12.1 Å². The molecule has 0 spiro atoms. The van der Waals surface area contributed by atoms with Crippen molar-refractivity contribution in [2.75, 3.05) is 7.11 Å². The second kappa shape index (κ2) is 5.82. The summed E-state index contributed by atoms with van der Waals surface area (Å²) in [5.41, 5.74) is 10.3. The Morgan fingerprint density at radius 1 is 1.24 bits per heavy atom. The van der Waals surface area contributed by atoms with E-state index in [-0.39, 0.29) is 5.54 Å². The molecule has 0 fully saturated rings. The fourth-order valence-corrected chi connectivity index (χ4v) is 3.77.